The molecule has 0 spiro atoms. The molecule has 3 rings (SSSR count). The average molecular weight is 337 g/mol. The lowest BCUT2D eigenvalue weighted by Gasteiger charge is -2.02. The normalized spacial score (nSPS) is 10.5. The second-order valence-corrected chi connectivity index (χ2v) is 6.37. The molecule has 0 saturated heterocycles. The van der Waals surface area contributed by atoms with E-state index in [4.69, 9.17) is 9.72 Å². The topological polar surface area (TPSA) is 39.2 Å². The van der Waals surface area contributed by atoms with Gasteiger partial charge in [-0.05, 0) is 25.3 Å². The van der Waals surface area contributed by atoms with Gasteiger partial charge in [0.05, 0.1) is 12.3 Å². The molecule has 3 nitrogen and oxygen atoms in total. The summed E-state index contributed by atoms with van der Waals surface area (Å²) < 4.78 is 5.20. The first-order chi connectivity index (χ1) is 11.8. The van der Waals surface area contributed by atoms with Crippen molar-refractivity contribution in [2.24, 2.45) is 0 Å². The largest absolute Gasteiger partial charge is 0.462 e. The van der Waals surface area contributed by atoms with E-state index < -0.39 is 0 Å². The van der Waals surface area contributed by atoms with Crippen LogP contribution < -0.4 is 0 Å². The highest BCUT2D eigenvalue weighted by atomic mass is 32.1. The van der Waals surface area contributed by atoms with E-state index in [1.54, 1.807) is 0 Å². The molecule has 122 valence electrons. The van der Waals surface area contributed by atoms with Crippen LogP contribution in [0.25, 0.3) is 10.6 Å². The van der Waals surface area contributed by atoms with E-state index in [0.29, 0.717) is 11.5 Å². The number of thiazole rings is 1. The third kappa shape index (κ3) is 3.89. The first-order valence-electron chi connectivity index (χ1n) is 8.04. The highest BCUT2D eigenvalue weighted by molar-refractivity contribution is 7.17. The van der Waals surface area contributed by atoms with Crippen LogP contribution in [0.2, 0.25) is 0 Å². The van der Waals surface area contributed by atoms with Crippen molar-refractivity contribution in [3.05, 3.63) is 76.8 Å². The molecule has 0 aliphatic heterocycles. The summed E-state index contributed by atoms with van der Waals surface area (Å²) in [5.74, 6) is -0.278. The van der Waals surface area contributed by atoms with E-state index in [-0.39, 0.29) is 5.97 Å². The highest BCUT2D eigenvalue weighted by Gasteiger charge is 2.19. The molecular formula is C20H19NO2S. The Morgan fingerprint density at radius 3 is 2.33 bits per heavy atom. The Balaban J connectivity index is 1.87. The fourth-order valence-electron chi connectivity index (χ4n) is 2.49. The summed E-state index contributed by atoms with van der Waals surface area (Å²) in [7, 11) is 0. The summed E-state index contributed by atoms with van der Waals surface area (Å²) in [6, 6.07) is 20.2. The molecule has 0 saturated carbocycles. The monoisotopic (exact) mass is 337 g/mol. The molecule has 0 fully saturated rings. The maximum atomic E-state index is 12.3. The number of benzene rings is 2. The van der Waals surface area contributed by atoms with Gasteiger partial charge in [0.1, 0.15) is 9.88 Å². The van der Waals surface area contributed by atoms with Crippen LogP contribution in [0.3, 0.4) is 0 Å². The number of carbonyl (C=O) groups is 1. The van der Waals surface area contributed by atoms with Gasteiger partial charge in [-0.15, -0.1) is 11.3 Å². The fourth-order valence-corrected chi connectivity index (χ4v) is 3.50. The van der Waals surface area contributed by atoms with Gasteiger partial charge in [-0.25, -0.2) is 9.78 Å². The van der Waals surface area contributed by atoms with Crippen molar-refractivity contribution in [3.8, 4) is 10.6 Å². The third-order valence-corrected chi connectivity index (χ3v) is 4.80. The smallest absolute Gasteiger partial charge is 0.350 e. The number of carbonyl (C=O) groups excluding carboxylic acids is 1. The fraction of sp³-hybridized carbons (Fsp3) is 0.200. The number of ether oxygens (including phenoxy) is 1. The number of hydrogen-bond donors (Lipinski definition) is 0. The van der Waals surface area contributed by atoms with Crippen LogP contribution in [0.4, 0.5) is 0 Å². The van der Waals surface area contributed by atoms with Crippen molar-refractivity contribution in [2.75, 3.05) is 6.61 Å². The predicted molar refractivity (Wildman–Crippen MR) is 97.4 cm³/mol. The van der Waals surface area contributed by atoms with Crippen LogP contribution in [0, 0.1) is 0 Å². The Morgan fingerprint density at radius 1 is 1.00 bits per heavy atom. The van der Waals surface area contributed by atoms with Crippen molar-refractivity contribution < 1.29 is 9.53 Å². The summed E-state index contributed by atoms with van der Waals surface area (Å²) in [4.78, 5) is 17.6. The standard InChI is InChI=1S/C20H19NO2S/c1-2-23-20(22)18-17(14-13-15-9-5-3-6-10-15)21-19(24-18)16-11-7-4-8-12-16/h3-12H,2,13-14H2,1H3. The first-order valence-corrected chi connectivity index (χ1v) is 8.85. The van der Waals surface area contributed by atoms with Gasteiger partial charge in [-0.2, -0.15) is 0 Å². The van der Waals surface area contributed by atoms with Gasteiger partial charge >= 0.3 is 5.97 Å². The van der Waals surface area contributed by atoms with E-state index in [2.05, 4.69) is 12.1 Å². The molecule has 1 aromatic heterocycles. The maximum Gasteiger partial charge on any atom is 0.350 e. The number of aryl methyl sites for hydroxylation is 2. The van der Waals surface area contributed by atoms with Crippen molar-refractivity contribution in [3.63, 3.8) is 0 Å². The number of aromatic nitrogens is 1. The second-order valence-electron chi connectivity index (χ2n) is 5.37. The molecular weight excluding hydrogens is 318 g/mol. The summed E-state index contributed by atoms with van der Waals surface area (Å²) >= 11 is 1.41. The Morgan fingerprint density at radius 2 is 1.67 bits per heavy atom. The summed E-state index contributed by atoms with van der Waals surface area (Å²) in [6.45, 7) is 2.19. The van der Waals surface area contributed by atoms with Crippen LogP contribution in [0.15, 0.2) is 60.7 Å². The van der Waals surface area contributed by atoms with Crippen LogP contribution in [0.5, 0.6) is 0 Å². The van der Waals surface area contributed by atoms with Crippen molar-refractivity contribution >= 4 is 17.3 Å². The lowest BCUT2D eigenvalue weighted by Crippen LogP contribution is -2.06. The summed E-state index contributed by atoms with van der Waals surface area (Å²) in [5, 5.41) is 0.863. The Labute approximate surface area is 146 Å². The van der Waals surface area contributed by atoms with Gasteiger partial charge in [0, 0.05) is 5.56 Å². The lowest BCUT2D eigenvalue weighted by molar-refractivity contribution is 0.0530. The zero-order chi connectivity index (χ0) is 16.8. The van der Waals surface area contributed by atoms with Crippen LogP contribution in [0.1, 0.15) is 27.9 Å². The molecule has 24 heavy (non-hydrogen) atoms. The summed E-state index contributed by atoms with van der Waals surface area (Å²) in [6.07, 6.45) is 1.58. The van der Waals surface area contributed by atoms with Gasteiger partial charge in [0.2, 0.25) is 0 Å². The number of nitrogens with zero attached hydrogens (tertiary/aromatic N) is 1. The number of rotatable bonds is 6. The number of esters is 1. The molecule has 3 aromatic rings. The van der Waals surface area contributed by atoms with Crippen LogP contribution >= 0.6 is 11.3 Å². The predicted octanol–water partition coefficient (Wildman–Crippen LogP) is 4.77. The highest BCUT2D eigenvalue weighted by Crippen LogP contribution is 2.29. The number of hydrogen-bond acceptors (Lipinski definition) is 4. The van der Waals surface area contributed by atoms with Crippen LogP contribution in [-0.4, -0.2) is 17.6 Å². The van der Waals surface area contributed by atoms with Crippen LogP contribution in [-0.2, 0) is 17.6 Å². The Hall–Kier alpha value is -2.46. The molecule has 0 aliphatic carbocycles. The molecule has 0 unspecified atom stereocenters. The van der Waals surface area contributed by atoms with E-state index in [9.17, 15) is 4.79 Å². The zero-order valence-electron chi connectivity index (χ0n) is 13.6. The Kier molecular flexibility index (Phi) is 5.39. The third-order valence-electron chi connectivity index (χ3n) is 3.67. The summed E-state index contributed by atoms with van der Waals surface area (Å²) in [5.41, 5.74) is 3.08. The molecule has 0 aliphatic rings. The van der Waals surface area contributed by atoms with Gasteiger partial charge in [-0.3, -0.25) is 0 Å². The van der Waals surface area contributed by atoms with Crippen molar-refractivity contribution in [1.29, 1.82) is 0 Å². The quantitative estimate of drug-likeness (QED) is 0.608. The molecule has 0 bridgehead atoms. The molecule has 2 aromatic carbocycles. The molecule has 0 amide bonds. The van der Waals surface area contributed by atoms with Gasteiger partial charge in [-0.1, -0.05) is 60.7 Å². The molecule has 0 N–H and O–H groups in total. The molecule has 4 heteroatoms. The van der Waals surface area contributed by atoms with E-state index in [1.165, 1.54) is 16.9 Å². The van der Waals surface area contributed by atoms with E-state index in [1.807, 2.05) is 55.5 Å². The molecule has 0 radical (unpaired) electrons. The van der Waals surface area contributed by atoms with E-state index in [0.717, 1.165) is 29.1 Å². The first kappa shape index (κ1) is 16.4. The van der Waals surface area contributed by atoms with Crippen molar-refractivity contribution in [2.45, 2.75) is 19.8 Å². The van der Waals surface area contributed by atoms with Crippen molar-refractivity contribution in [1.82, 2.24) is 4.98 Å². The maximum absolute atomic E-state index is 12.3. The lowest BCUT2D eigenvalue weighted by atomic mass is 10.1. The van der Waals surface area contributed by atoms with Gasteiger partial charge in [0.15, 0.2) is 0 Å². The van der Waals surface area contributed by atoms with Gasteiger partial charge in [0.25, 0.3) is 0 Å². The zero-order valence-corrected chi connectivity index (χ0v) is 14.4. The second kappa shape index (κ2) is 7.88. The minimum Gasteiger partial charge on any atom is -0.462 e. The Bertz CT molecular complexity index is 797. The molecule has 0 atom stereocenters. The minimum absolute atomic E-state index is 0.278. The SMILES string of the molecule is CCOC(=O)c1sc(-c2ccccc2)nc1CCc1ccccc1. The van der Waals surface area contributed by atoms with Gasteiger partial charge < -0.3 is 4.74 Å². The average Bonchev–Trinajstić information content (AvgIpc) is 3.06. The minimum atomic E-state index is -0.278. The molecule has 1 heterocycles. The van der Waals surface area contributed by atoms with E-state index >= 15 is 0 Å².